The van der Waals surface area contributed by atoms with Gasteiger partial charge in [-0.15, -0.1) is 0 Å². The summed E-state index contributed by atoms with van der Waals surface area (Å²) in [6.07, 6.45) is 1.17. The molecule has 3 atom stereocenters. The van der Waals surface area contributed by atoms with Gasteiger partial charge in [-0.2, -0.15) is 0 Å². The number of ether oxygens (including phenoxy) is 2. The molecule has 2 N–H and O–H groups in total. The zero-order chi connectivity index (χ0) is 31.9. The number of hydrogen-bond acceptors (Lipinski definition) is 7. The first kappa shape index (κ1) is 35.5. The van der Waals surface area contributed by atoms with Crippen LogP contribution in [0.2, 0.25) is 0 Å². The summed E-state index contributed by atoms with van der Waals surface area (Å²) >= 11 is 0. The summed E-state index contributed by atoms with van der Waals surface area (Å²) in [5.41, 5.74) is 7.99. The number of unbranched alkanes of at least 4 members (excludes halogenated alkanes) is 1. The zero-order valence-corrected chi connectivity index (χ0v) is 26.5. The van der Waals surface area contributed by atoms with Crippen molar-refractivity contribution in [1.82, 2.24) is 9.80 Å². The molecule has 0 saturated heterocycles. The Morgan fingerprint density at radius 1 is 0.767 bits per heavy atom. The van der Waals surface area contributed by atoms with Crippen LogP contribution in [0, 0.1) is 11.8 Å². The molecule has 0 aliphatic heterocycles. The number of esters is 1. The van der Waals surface area contributed by atoms with Crippen molar-refractivity contribution in [2.75, 3.05) is 13.7 Å². The van der Waals surface area contributed by atoms with Crippen LogP contribution in [0.15, 0.2) is 60.7 Å². The van der Waals surface area contributed by atoms with Gasteiger partial charge in [0.25, 0.3) is 5.91 Å². The van der Waals surface area contributed by atoms with Crippen molar-refractivity contribution in [3.05, 3.63) is 71.8 Å². The molecule has 0 aliphatic carbocycles. The van der Waals surface area contributed by atoms with E-state index in [1.165, 1.54) is 11.9 Å². The minimum absolute atomic E-state index is 0.0106. The molecule has 43 heavy (non-hydrogen) atoms. The number of nitrogens with zero attached hydrogens (tertiary/aromatic N) is 2. The van der Waals surface area contributed by atoms with E-state index in [-0.39, 0.29) is 44.3 Å². The molecule has 2 aromatic rings. The largest absolute Gasteiger partial charge is 0.459 e. The molecule has 0 unspecified atom stereocenters. The molecule has 9 nitrogen and oxygen atoms in total. The topological polar surface area (TPSA) is 119 Å². The van der Waals surface area contributed by atoms with E-state index in [4.69, 9.17) is 15.2 Å². The Morgan fingerprint density at radius 3 is 1.84 bits per heavy atom. The third-order valence-corrected chi connectivity index (χ3v) is 7.07. The fourth-order valence-corrected chi connectivity index (χ4v) is 4.72. The highest BCUT2D eigenvalue weighted by Crippen LogP contribution is 2.22. The van der Waals surface area contributed by atoms with E-state index < -0.39 is 42.0 Å². The van der Waals surface area contributed by atoms with E-state index in [0.717, 1.165) is 22.4 Å². The average Bonchev–Trinajstić information content (AvgIpc) is 2.98. The fourth-order valence-electron chi connectivity index (χ4n) is 4.72. The number of imide groups is 1. The van der Waals surface area contributed by atoms with Crippen LogP contribution < -0.4 is 5.73 Å². The number of likely N-dealkylation sites (N-methyl/N-ethyl adjacent to an activating group) is 1. The van der Waals surface area contributed by atoms with E-state index >= 15 is 0 Å². The van der Waals surface area contributed by atoms with E-state index in [9.17, 15) is 19.2 Å². The van der Waals surface area contributed by atoms with Crippen molar-refractivity contribution >= 4 is 23.9 Å². The first-order valence-electron chi connectivity index (χ1n) is 15.2. The molecule has 9 heteroatoms. The van der Waals surface area contributed by atoms with Crippen LogP contribution in [-0.2, 0) is 36.9 Å². The number of rotatable bonds is 16. The summed E-state index contributed by atoms with van der Waals surface area (Å²) in [4.78, 5) is 57.2. The first-order valence-corrected chi connectivity index (χ1v) is 15.2. The number of carbonyl (C=O) groups excluding carboxylic acids is 4. The number of nitrogens with two attached hydrogens (primary N) is 1. The summed E-state index contributed by atoms with van der Waals surface area (Å²) in [6.45, 7) is 9.68. The van der Waals surface area contributed by atoms with Crippen LogP contribution in [0.25, 0.3) is 0 Å². The predicted molar refractivity (Wildman–Crippen MR) is 167 cm³/mol. The first-order chi connectivity index (χ1) is 20.5. The van der Waals surface area contributed by atoms with Crippen molar-refractivity contribution in [2.24, 2.45) is 17.6 Å². The second-order valence-corrected chi connectivity index (χ2v) is 11.8. The SMILES string of the molecule is CCCCOC(=O)N(C(=O)[C@H](CC(C)C)N(C)C(=O)[C@@H](N)Cc1ccccc1)[C@@H](CC(C)C)C(=O)OCc1ccccc1. The quantitative estimate of drug-likeness (QED) is 0.205. The minimum Gasteiger partial charge on any atom is -0.459 e. The summed E-state index contributed by atoms with van der Waals surface area (Å²) < 4.78 is 11.1. The lowest BCUT2D eigenvalue weighted by Crippen LogP contribution is -2.59. The van der Waals surface area contributed by atoms with Crippen molar-refractivity contribution in [3.8, 4) is 0 Å². The Morgan fingerprint density at radius 2 is 1.30 bits per heavy atom. The molecule has 0 aromatic heterocycles. The van der Waals surface area contributed by atoms with Gasteiger partial charge in [0, 0.05) is 7.05 Å². The highest BCUT2D eigenvalue weighted by atomic mass is 16.6. The van der Waals surface area contributed by atoms with Crippen LogP contribution in [-0.4, -0.2) is 65.5 Å². The number of benzene rings is 2. The van der Waals surface area contributed by atoms with Gasteiger partial charge in [0.2, 0.25) is 5.91 Å². The molecule has 0 radical (unpaired) electrons. The second kappa shape index (κ2) is 18.1. The van der Waals surface area contributed by atoms with E-state index in [0.29, 0.717) is 6.42 Å². The van der Waals surface area contributed by atoms with Gasteiger partial charge in [-0.1, -0.05) is 102 Å². The lowest BCUT2D eigenvalue weighted by molar-refractivity contribution is -0.158. The van der Waals surface area contributed by atoms with E-state index in [1.807, 2.05) is 95.3 Å². The zero-order valence-electron chi connectivity index (χ0n) is 26.5. The van der Waals surface area contributed by atoms with Crippen molar-refractivity contribution in [1.29, 1.82) is 0 Å². The van der Waals surface area contributed by atoms with Crippen LogP contribution >= 0.6 is 0 Å². The van der Waals surface area contributed by atoms with Crippen LogP contribution in [0.5, 0.6) is 0 Å². The Hall–Kier alpha value is -3.72. The van der Waals surface area contributed by atoms with Gasteiger partial charge in [-0.05, 0) is 48.6 Å². The Kier molecular flexibility index (Phi) is 14.9. The Balaban J connectivity index is 2.43. The van der Waals surface area contributed by atoms with Crippen molar-refractivity contribution in [2.45, 2.75) is 91.5 Å². The molecule has 0 fully saturated rings. The normalized spacial score (nSPS) is 13.2. The molecule has 0 spiro atoms. The van der Waals surface area contributed by atoms with Crippen LogP contribution in [0.4, 0.5) is 4.79 Å². The fraction of sp³-hybridized carbons (Fsp3) is 0.529. The number of carbonyl (C=O) groups is 4. The smallest absolute Gasteiger partial charge is 0.417 e. The molecule has 0 heterocycles. The maximum Gasteiger partial charge on any atom is 0.417 e. The molecule has 2 rings (SSSR count). The molecular weight excluding hydrogens is 546 g/mol. The van der Waals surface area contributed by atoms with E-state index in [2.05, 4.69) is 0 Å². The van der Waals surface area contributed by atoms with Gasteiger partial charge < -0.3 is 20.1 Å². The van der Waals surface area contributed by atoms with Crippen molar-refractivity contribution < 1.29 is 28.7 Å². The summed E-state index contributed by atoms with van der Waals surface area (Å²) in [5, 5.41) is 0. The third-order valence-electron chi connectivity index (χ3n) is 7.07. The molecule has 236 valence electrons. The van der Waals surface area contributed by atoms with Gasteiger partial charge in [0.15, 0.2) is 0 Å². The van der Waals surface area contributed by atoms with Crippen LogP contribution in [0.3, 0.4) is 0 Å². The average molecular weight is 596 g/mol. The standard InChI is InChI=1S/C34H49N3O6/c1-7-8-19-42-34(41)37(30(21-25(4)5)33(40)43-23-27-17-13-10-14-18-27)32(39)29(20-24(2)3)36(6)31(38)28(35)22-26-15-11-9-12-16-26/h9-18,24-25,28-30H,7-8,19-23,35H2,1-6H3/t28-,29-,30-/m0/s1. The maximum absolute atomic E-state index is 14.4. The molecule has 0 bridgehead atoms. The molecule has 3 amide bonds. The maximum atomic E-state index is 14.4. The number of amides is 3. The minimum atomic E-state index is -1.23. The third kappa shape index (κ3) is 11.5. The summed E-state index contributed by atoms with van der Waals surface area (Å²) in [5.74, 6) is -1.91. The Bertz CT molecular complexity index is 1160. The summed E-state index contributed by atoms with van der Waals surface area (Å²) in [6, 6.07) is 15.4. The highest BCUT2D eigenvalue weighted by Gasteiger charge is 2.43. The van der Waals surface area contributed by atoms with Crippen LogP contribution in [0.1, 0.15) is 71.4 Å². The lowest BCUT2D eigenvalue weighted by atomic mass is 9.97. The van der Waals surface area contributed by atoms with Gasteiger partial charge in [-0.3, -0.25) is 9.59 Å². The van der Waals surface area contributed by atoms with E-state index in [1.54, 1.807) is 0 Å². The molecular formula is C34H49N3O6. The summed E-state index contributed by atoms with van der Waals surface area (Å²) in [7, 11) is 1.52. The number of hydrogen-bond donors (Lipinski definition) is 1. The van der Waals surface area contributed by atoms with Gasteiger partial charge in [-0.25, -0.2) is 14.5 Å². The highest BCUT2D eigenvalue weighted by molar-refractivity contribution is 6.00. The lowest BCUT2D eigenvalue weighted by Gasteiger charge is -2.36. The van der Waals surface area contributed by atoms with Crippen molar-refractivity contribution in [3.63, 3.8) is 0 Å². The van der Waals surface area contributed by atoms with Gasteiger partial charge >= 0.3 is 12.1 Å². The second-order valence-electron chi connectivity index (χ2n) is 11.8. The van der Waals surface area contributed by atoms with Gasteiger partial charge in [0.05, 0.1) is 12.6 Å². The van der Waals surface area contributed by atoms with Gasteiger partial charge in [0.1, 0.15) is 18.7 Å². The Labute approximate surface area is 256 Å². The molecule has 2 aromatic carbocycles. The molecule has 0 saturated carbocycles. The predicted octanol–water partition coefficient (Wildman–Crippen LogP) is 5.35. The molecule has 0 aliphatic rings. The monoisotopic (exact) mass is 595 g/mol.